The van der Waals surface area contributed by atoms with Gasteiger partial charge in [-0.25, -0.2) is 0 Å². The van der Waals surface area contributed by atoms with Crippen molar-refractivity contribution in [2.75, 3.05) is 13.1 Å². The minimum absolute atomic E-state index is 0.0585. The Balaban J connectivity index is 2.03. The molecule has 1 atom stereocenters. The summed E-state index contributed by atoms with van der Waals surface area (Å²) in [5.74, 6) is 0.113. The molecule has 1 saturated heterocycles. The minimum Gasteiger partial charge on any atom is -0.351 e. The highest BCUT2D eigenvalue weighted by Crippen LogP contribution is 2.25. The van der Waals surface area contributed by atoms with Crippen molar-refractivity contribution in [3.05, 3.63) is 17.5 Å². The van der Waals surface area contributed by atoms with Gasteiger partial charge in [0.1, 0.15) is 0 Å². The molecule has 2 rings (SSSR count). The molecule has 1 unspecified atom stereocenters. The summed E-state index contributed by atoms with van der Waals surface area (Å²) < 4.78 is 4.96. The highest BCUT2D eigenvalue weighted by molar-refractivity contribution is 5.91. The predicted molar refractivity (Wildman–Crippen MR) is 63.8 cm³/mol. The first kappa shape index (κ1) is 12.1. The van der Waals surface area contributed by atoms with Crippen LogP contribution in [0.25, 0.3) is 0 Å². The van der Waals surface area contributed by atoms with Gasteiger partial charge in [-0.1, -0.05) is 19.0 Å². The fourth-order valence-corrected chi connectivity index (χ4v) is 2.14. The number of carbonyl (C=O) groups excluding carboxylic acids is 1. The predicted octanol–water partition coefficient (Wildman–Crippen LogP) is 1.10. The van der Waals surface area contributed by atoms with Gasteiger partial charge in [-0.3, -0.25) is 4.79 Å². The lowest BCUT2D eigenvalue weighted by molar-refractivity contribution is 0.0831. The van der Waals surface area contributed by atoms with E-state index < -0.39 is 0 Å². The molecular weight excluding hydrogens is 218 g/mol. The maximum atomic E-state index is 11.9. The maximum absolute atomic E-state index is 11.9. The van der Waals surface area contributed by atoms with E-state index in [1.165, 1.54) is 0 Å². The topological polar surface area (TPSA) is 67.2 Å². The number of rotatable bonds is 2. The molecule has 0 saturated carbocycles. The third-order valence-electron chi connectivity index (χ3n) is 3.29. The molecule has 0 spiro atoms. The maximum Gasteiger partial charge on any atom is 0.290 e. The fourth-order valence-electron chi connectivity index (χ4n) is 2.14. The Morgan fingerprint density at radius 2 is 2.41 bits per heavy atom. The van der Waals surface area contributed by atoms with Crippen LogP contribution in [0.1, 0.15) is 36.5 Å². The van der Waals surface area contributed by atoms with E-state index in [-0.39, 0.29) is 23.1 Å². The van der Waals surface area contributed by atoms with Crippen molar-refractivity contribution >= 4 is 5.91 Å². The van der Waals surface area contributed by atoms with Crippen molar-refractivity contribution in [2.24, 2.45) is 5.41 Å². The van der Waals surface area contributed by atoms with Crippen molar-refractivity contribution in [2.45, 2.75) is 33.2 Å². The highest BCUT2D eigenvalue weighted by Gasteiger charge is 2.33. The Labute approximate surface area is 101 Å². The molecule has 1 fully saturated rings. The van der Waals surface area contributed by atoms with Crippen LogP contribution >= 0.6 is 0 Å². The monoisotopic (exact) mass is 237 g/mol. The summed E-state index contributed by atoms with van der Waals surface area (Å²) in [5.41, 5.74) is 0.780. The molecule has 2 N–H and O–H groups in total. The number of piperidine rings is 1. The van der Waals surface area contributed by atoms with E-state index in [9.17, 15) is 4.79 Å². The van der Waals surface area contributed by atoms with Crippen LogP contribution in [-0.4, -0.2) is 30.2 Å². The summed E-state index contributed by atoms with van der Waals surface area (Å²) in [4.78, 5) is 11.9. The molecule has 2 heterocycles. The molecule has 1 aliphatic rings. The molecule has 5 nitrogen and oxygen atoms in total. The summed E-state index contributed by atoms with van der Waals surface area (Å²) in [5, 5.41) is 10.1. The number of carbonyl (C=O) groups is 1. The Bertz CT molecular complexity index is 412. The Hall–Kier alpha value is -1.36. The standard InChI is InChI=1S/C12H19N3O2/c1-8-6-9(17-15-8)11(16)14-10-4-5-13-7-12(10,2)3/h6,10,13H,4-5,7H2,1-3H3,(H,14,16). The highest BCUT2D eigenvalue weighted by atomic mass is 16.5. The first-order chi connectivity index (χ1) is 7.99. The minimum atomic E-state index is -0.175. The number of hydrogen-bond acceptors (Lipinski definition) is 4. The van der Waals surface area contributed by atoms with E-state index in [0.717, 1.165) is 25.2 Å². The van der Waals surface area contributed by atoms with Crippen LogP contribution in [0.5, 0.6) is 0 Å². The number of aromatic nitrogens is 1. The molecule has 5 heteroatoms. The number of nitrogens with one attached hydrogen (secondary N) is 2. The smallest absolute Gasteiger partial charge is 0.290 e. The van der Waals surface area contributed by atoms with Gasteiger partial charge in [0.2, 0.25) is 5.76 Å². The molecule has 0 aliphatic carbocycles. The van der Waals surface area contributed by atoms with E-state index in [1.807, 2.05) is 0 Å². The van der Waals surface area contributed by atoms with Gasteiger partial charge >= 0.3 is 0 Å². The number of amides is 1. The summed E-state index contributed by atoms with van der Waals surface area (Å²) in [7, 11) is 0. The molecule has 0 bridgehead atoms. The summed E-state index contributed by atoms with van der Waals surface area (Å²) >= 11 is 0. The van der Waals surface area contributed by atoms with E-state index >= 15 is 0 Å². The number of hydrogen-bond donors (Lipinski definition) is 2. The van der Waals surface area contributed by atoms with E-state index in [4.69, 9.17) is 4.52 Å². The van der Waals surface area contributed by atoms with E-state index in [1.54, 1.807) is 13.0 Å². The van der Waals surface area contributed by atoms with Gasteiger partial charge in [-0.2, -0.15) is 0 Å². The second-order valence-electron chi connectivity index (χ2n) is 5.31. The zero-order chi connectivity index (χ0) is 12.5. The van der Waals surface area contributed by atoms with Crippen LogP contribution in [0.4, 0.5) is 0 Å². The molecule has 1 aromatic rings. The average molecular weight is 237 g/mol. The van der Waals surface area contributed by atoms with Crippen LogP contribution in [0.15, 0.2) is 10.6 Å². The molecule has 1 amide bonds. The molecule has 1 aromatic heterocycles. The Kier molecular flexibility index (Phi) is 3.19. The zero-order valence-corrected chi connectivity index (χ0v) is 10.5. The van der Waals surface area contributed by atoms with Crippen LogP contribution < -0.4 is 10.6 Å². The van der Waals surface area contributed by atoms with Gasteiger partial charge in [0.05, 0.1) is 5.69 Å². The van der Waals surface area contributed by atoms with Crippen LogP contribution in [0.3, 0.4) is 0 Å². The van der Waals surface area contributed by atoms with Crippen molar-refractivity contribution in [3.8, 4) is 0 Å². The number of nitrogens with zero attached hydrogens (tertiary/aromatic N) is 1. The van der Waals surface area contributed by atoms with Crippen LogP contribution in [0.2, 0.25) is 0 Å². The van der Waals surface area contributed by atoms with Crippen molar-refractivity contribution < 1.29 is 9.32 Å². The fraction of sp³-hybridized carbons (Fsp3) is 0.667. The van der Waals surface area contributed by atoms with E-state index in [0.29, 0.717) is 0 Å². The van der Waals surface area contributed by atoms with Gasteiger partial charge in [0, 0.05) is 18.7 Å². The molecule has 1 aliphatic heterocycles. The second-order valence-corrected chi connectivity index (χ2v) is 5.31. The van der Waals surface area contributed by atoms with Crippen LogP contribution in [-0.2, 0) is 0 Å². The summed E-state index contributed by atoms with van der Waals surface area (Å²) in [6.45, 7) is 7.94. The molecule has 0 aromatic carbocycles. The number of aryl methyl sites for hydroxylation is 1. The summed E-state index contributed by atoms with van der Waals surface area (Å²) in [6.07, 6.45) is 0.936. The largest absolute Gasteiger partial charge is 0.351 e. The lowest BCUT2D eigenvalue weighted by Crippen LogP contribution is -2.54. The third-order valence-corrected chi connectivity index (χ3v) is 3.29. The van der Waals surface area contributed by atoms with Gasteiger partial charge in [-0.15, -0.1) is 0 Å². The van der Waals surface area contributed by atoms with Crippen LogP contribution in [0, 0.1) is 12.3 Å². The zero-order valence-electron chi connectivity index (χ0n) is 10.5. The van der Waals surface area contributed by atoms with Gasteiger partial charge < -0.3 is 15.2 Å². The normalized spacial score (nSPS) is 23.4. The summed E-state index contributed by atoms with van der Waals surface area (Å²) in [6, 6.07) is 1.82. The SMILES string of the molecule is Cc1cc(C(=O)NC2CCNCC2(C)C)on1. The molecule has 94 valence electrons. The average Bonchev–Trinajstić information content (AvgIpc) is 2.68. The molecular formula is C12H19N3O2. The van der Waals surface area contributed by atoms with E-state index in [2.05, 4.69) is 29.6 Å². The molecule has 0 radical (unpaired) electrons. The first-order valence-corrected chi connectivity index (χ1v) is 5.94. The van der Waals surface area contributed by atoms with Gasteiger partial charge in [0.15, 0.2) is 0 Å². The lowest BCUT2D eigenvalue weighted by atomic mass is 9.80. The Morgan fingerprint density at radius 1 is 1.65 bits per heavy atom. The van der Waals surface area contributed by atoms with Gasteiger partial charge in [0.25, 0.3) is 5.91 Å². The van der Waals surface area contributed by atoms with Gasteiger partial charge in [-0.05, 0) is 25.3 Å². The van der Waals surface area contributed by atoms with Crippen molar-refractivity contribution in [1.29, 1.82) is 0 Å². The molecule has 17 heavy (non-hydrogen) atoms. The second kappa shape index (κ2) is 4.49. The third kappa shape index (κ3) is 2.66. The lowest BCUT2D eigenvalue weighted by Gasteiger charge is -2.39. The Morgan fingerprint density at radius 3 is 3.00 bits per heavy atom. The van der Waals surface area contributed by atoms with Crippen molar-refractivity contribution in [3.63, 3.8) is 0 Å². The first-order valence-electron chi connectivity index (χ1n) is 5.94. The quantitative estimate of drug-likeness (QED) is 0.808. The van der Waals surface area contributed by atoms with Crippen molar-refractivity contribution in [1.82, 2.24) is 15.8 Å².